The maximum absolute atomic E-state index is 9.54. The minimum atomic E-state index is -2.41. The van der Waals surface area contributed by atoms with E-state index in [0.29, 0.717) is 10.7 Å². The highest BCUT2D eigenvalue weighted by atomic mass is 32.2. The van der Waals surface area contributed by atoms with Gasteiger partial charge in [-0.15, -0.1) is 0 Å². The predicted octanol–water partition coefficient (Wildman–Crippen LogP) is -1.65. The molecule has 0 aromatic rings. The molecule has 0 aromatic heterocycles. The Balaban J connectivity index is 4.71. The molecule has 6 heteroatoms. The van der Waals surface area contributed by atoms with Gasteiger partial charge in [0.05, 0.1) is 10.7 Å². The first-order chi connectivity index (χ1) is 3.63. The predicted molar refractivity (Wildman–Crippen MR) is 30.0 cm³/mol. The Hall–Kier alpha value is -0.620. The summed E-state index contributed by atoms with van der Waals surface area (Å²) in [5.74, 6) is 0. The largest absolute Gasteiger partial charge is 0.215 e. The normalized spacial score (nSPS) is 7.50. The molecule has 0 aromatic carbocycles. The van der Waals surface area contributed by atoms with Crippen LogP contribution in [0.3, 0.4) is 0 Å². The maximum atomic E-state index is 9.54. The van der Waals surface area contributed by atoms with Crippen molar-refractivity contribution in [1.29, 1.82) is 0 Å². The second-order valence-electron chi connectivity index (χ2n) is 0.793. The minimum absolute atomic E-state index is 0.545. The Labute approximate surface area is 48.8 Å². The van der Waals surface area contributed by atoms with Crippen LogP contribution in [0.5, 0.6) is 0 Å². The van der Waals surface area contributed by atoms with Gasteiger partial charge in [0.25, 0.3) is 0 Å². The van der Waals surface area contributed by atoms with Crippen molar-refractivity contribution in [2.75, 3.05) is 0 Å². The lowest BCUT2D eigenvalue weighted by atomic mass is 11.0. The molecule has 0 saturated carbocycles. The van der Waals surface area contributed by atoms with E-state index in [1.807, 2.05) is 0 Å². The fourth-order valence-electron chi connectivity index (χ4n) is 0.0907. The molecule has 0 heterocycles. The van der Waals surface area contributed by atoms with E-state index in [9.17, 15) is 16.8 Å². The van der Waals surface area contributed by atoms with Crippen LogP contribution in [0.2, 0.25) is 0 Å². The lowest BCUT2D eigenvalue weighted by Crippen LogP contribution is -1.75. The smallest absolute Gasteiger partial charge is 0.185 e. The van der Waals surface area contributed by atoms with Crippen molar-refractivity contribution in [3.8, 4) is 0 Å². The molecule has 0 aliphatic rings. The van der Waals surface area contributed by atoms with Gasteiger partial charge in [0, 0.05) is 0 Å². The molecule has 0 aliphatic heterocycles. The van der Waals surface area contributed by atoms with Gasteiger partial charge in [-0.2, -0.15) is 16.8 Å². The van der Waals surface area contributed by atoms with Crippen molar-refractivity contribution in [2.24, 2.45) is 0 Å². The van der Waals surface area contributed by atoms with Crippen LogP contribution in [-0.2, 0) is 20.6 Å². The monoisotopic (exact) mass is 154 g/mol. The van der Waals surface area contributed by atoms with E-state index in [1.165, 1.54) is 0 Å². The third kappa shape index (κ3) is 5.38. The minimum Gasteiger partial charge on any atom is -0.185 e. The van der Waals surface area contributed by atoms with Gasteiger partial charge >= 0.3 is 0 Å². The highest BCUT2D eigenvalue weighted by molar-refractivity contribution is 7.79. The van der Waals surface area contributed by atoms with Gasteiger partial charge in [0.15, 0.2) is 0 Å². The Morgan fingerprint density at radius 2 is 1.00 bits per heavy atom. The van der Waals surface area contributed by atoms with Crippen LogP contribution in [0.4, 0.5) is 0 Å². The fraction of sp³-hybridized carbons (Fsp3) is 0. The first-order valence-corrected chi connectivity index (χ1v) is 3.75. The Bertz CT molecular complexity index is 252. The lowest BCUT2D eigenvalue weighted by molar-refractivity contribution is 0.625. The summed E-state index contributed by atoms with van der Waals surface area (Å²) < 4.78 is 38.2. The van der Waals surface area contributed by atoms with E-state index in [-0.39, 0.29) is 0 Å². The zero-order valence-corrected chi connectivity index (χ0v) is 5.24. The van der Waals surface area contributed by atoms with Crippen LogP contribution in [0, 0.1) is 0 Å². The van der Waals surface area contributed by atoms with E-state index in [0.717, 1.165) is 0 Å². The molecule has 8 heavy (non-hydrogen) atoms. The number of hydrogen-bond acceptors (Lipinski definition) is 4. The second-order valence-corrected chi connectivity index (χ2v) is 2.38. The van der Waals surface area contributed by atoms with Gasteiger partial charge in [-0.25, -0.2) is 0 Å². The molecule has 0 saturated heterocycles. The SMILES string of the molecule is O=S(=O)=CC=S(=O)=O. The van der Waals surface area contributed by atoms with Crippen molar-refractivity contribution in [2.45, 2.75) is 0 Å². The zero-order valence-electron chi connectivity index (χ0n) is 3.60. The van der Waals surface area contributed by atoms with Crippen LogP contribution >= 0.6 is 0 Å². The molecule has 0 bridgehead atoms. The van der Waals surface area contributed by atoms with Gasteiger partial charge in [0.2, 0.25) is 20.6 Å². The van der Waals surface area contributed by atoms with Gasteiger partial charge in [-0.05, 0) is 0 Å². The molecule has 0 spiro atoms. The quantitative estimate of drug-likeness (QED) is 0.424. The molecule has 0 aliphatic carbocycles. The van der Waals surface area contributed by atoms with Crippen molar-refractivity contribution in [3.05, 3.63) is 0 Å². The Morgan fingerprint density at radius 3 is 1.12 bits per heavy atom. The second kappa shape index (κ2) is 3.39. The van der Waals surface area contributed by atoms with E-state index < -0.39 is 20.6 Å². The first-order valence-electron chi connectivity index (χ1n) is 1.47. The highest BCUT2D eigenvalue weighted by Gasteiger charge is 1.65. The van der Waals surface area contributed by atoms with Crippen LogP contribution in [0.15, 0.2) is 0 Å². The third-order valence-corrected chi connectivity index (χ3v) is 1.17. The van der Waals surface area contributed by atoms with Gasteiger partial charge in [0.1, 0.15) is 0 Å². The van der Waals surface area contributed by atoms with E-state index in [1.54, 1.807) is 0 Å². The zero-order chi connectivity index (χ0) is 6.57. The molecule has 0 N–H and O–H groups in total. The van der Waals surface area contributed by atoms with Gasteiger partial charge in [-0.1, -0.05) is 0 Å². The summed E-state index contributed by atoms with van der Waals surface area (Å²) >= 11 is 0. The van der Waals surface area contributed by atoms with Crippen LogP contribution in [0.25, 0.3) is 0 Å². The third-order valence-electron chi connectivity index (χ3n) is 0.278. The molecule has 0 fully saturated rings. The molecule has 0 atom stereocenters. The molecule has 46 valence electrons. The average Bonchev–Trinajstić information content (AvgIpc) is 1.61. The molecule has 0 unspecified atom stereocenters. The molecular formula is C2H2O4S2. The van der Waals surface area contributed by atoms with Gasteiger partial charge < -0.3 is 0 Å². The lowest BCUT2D eigenvalue weighted by Gasteiger charge is -1.47. The van der Waals surface area contributed by atoms with Crippen LogP contribution in [-0.4, -0.2) is 27.6 Å². The van der Waals surface area contributed by atoms with Crippen molar-refractivity contribution < 1.29 is 16.8 Å². The summed E-state index contributed by atoms with van der Waals surface area (Å²) in [6.45, 7) is 0. The van der Waals surface area contributed by atoms with E-state index in [4.69, 9.17) is 0 Å². The van der Waals surface area contributed by atoms with Crippen molar-refractivity contribution in [1.82, 2.24) is 0 Å². The summed E-state index contributed by atoms with van der Waals surface area (Å²) in [4.78, 5) is 0. The van der Waals surface area contributed by atoms with Gasteiger partial charge in [-0.3, -0.25) is 0 Å². The Kier molecular flexibility index (Phi) is 3.13. The van der Waals surface area contributed by atoms with Crippen LogP contribution in [0.1, 0.15) is 0 Å². The van der Waals surface area contributed by atoms with Crippen molar-refractivity contribution in [3.63, 3.8) is 0 Å². The first kappa shape index (κ1) is 7.38. The molecular weight excluding hydrogens is 152 g/mol. The van der Waals surface area contributed by atoms with E-state index >= 15 is 0 Å². The average molecular weight is 154 g/mol. The number of hydrogen-bond donors (Lipinski definition) is 0. The van der Waals surface area contributed by atoms with Crippen LogP contribution < -0.4 is 0 Å². The summed E-state index contributed by atoms with van der Waals surface area (Å²) in [5.41, 5.74) is 0. The molecule has 4 nitrogen and oxygen atoms in total. The molecule has 0 rings (SSSR count). The molecule has 0 amide bonds. The summed E-state index contributed by atoms with van der Waals surface area (Å²) in [7, 11) is -4.82. The topological polar surface area (TPSA) is 68.3 Å². The Morgan fingerprint density at radius 1 is 0.750 bits per heavy atom. The summed E-state index contributed by atoms with van der Waals surface area (Å²) in [6.07, 6.45) is 0. The standard InChI is InChI=1S/C2H2O4S2/c3-7(4)1-2-8(5)6/h1-2H. The van der Waals surface area contributed by atoms with E-state index in [2.05, 4.69) is 0 Å². The summed E-state index contributed by atoms with van der Waals surface area (Å²) in [5, 5.41) is 1.09. The highest BCUT2D eigenvalue weighted by Crippen LogP contribution is 1.37. The fourth-order valence-corrected chi connectivity index (χ4v) is 0.816. The number of rotatable bonds is 1. The van der Waals surface area contributed by atoms with Crippen molar-refractivity contribution >= 4 is 31.3 Å². The molecule has 0 radical (unpaired) electrons. The summed E-state index contributed by atoms with van der Waals surface area (Å²) in [6, 6.07) is 0. The maximum Gasteiger partial charge on any atom is 0.215 e.